The number of aryl methyl sites for hydroxylation is 1. The van der Waals surface area contributed by atoms with Crippen LogP contribution in [0.2, 0.25) is 0 Å². The number of likely N-dealkylation sites (tertiary alicyclic amines) is 1. The van der Waals surface area contributed by atoms with Gasteiger partial charge in [0.05, 0.1) is 17.8 Å². The van der Waals surface area contributed by atoms with Crippen molar-refractivity contribution in [2.75, 3.05) is 13.1 Å². The molecule has 0 radical (unpaired) electrons. The molecule has 8 heteroatoms. The van der Waals surface area contributed by atoms with Crippen LogP contribution in [0.25, 0.3) is 0 Å². The molecule has 31 heavy (non-hydrogen) atoms. The van der Waals surface area contributed by atoms with Gasteiger partial charge in [-0.05, 0) is 57.3 Å². The van der Waals surface area contributed by atoms with Crippen LogP contribution >= 0.6 is 12.2 Å². The molecular formula is C23H28N6OS. The van der Waals surface area contributed by atoms with E-state index in [0.717, 1.165) is 55.0 Å². The lowest BCUT2D eigenvalue weighted by molar-refractivity contribution is 0.0701. The Morgan fingerprint density at radius 1 is 1.19 bits per heavy atom. The topological polar surface area (TPSA) is 71.7 Å². The van der Waals surface area contributed by atoms with Gasteiger partial charge in [0.2, 0.25) is 0 Å². The van der Waals surface area contributed by atoms with Crippen molar-refractivity contribution in [3.05, 3.63) is 63.4 Å². The van der Waals surface area contributed by atoms with Gasteiger partial charge < -0.3 is 9.47 Å². The van der Waals surface area contributed by atoms with E-state index < -0.39 is 0 Å². The minimum atomic E-state index is 0.0751. The zero-order chi connectivity index (χ0) is 21.5. The number of aromatic nitrogens is 5. The third-order valence-corrected chi connectivity index (χ3v) is 6.78. The monoisotopic (exact) mass is 436 g/mol. The van der Waals surface area contributed by atoms with Crippen LogP contribution in [0.4, 0.5) is 0 Å². The first-order valence-electron chi connectivity index (χ1n) is 11.1. The van der Waals surface area contributed by atoms with Crippen molar-refractivity contribution >= 4 is 18.1 Å². The van der Waals surface area contributed by atoms with Crippen molar-refractivity contribution < 1.29 is 4.79 Å². The lowest BCUT2D eigenvalue weighted by Crippen LogP contribution is -2.40. The van der Waals surface area contributed by atoms with Crippen LogP contribution in [0.5, 0.6) is 0 Å². The zero-order valence-electron chi connectivity index (χ0n) is 18.0. The van der Waals surface area contributed by atoms with Gasteiger partial charge in [-0.1, -0.05) is 30.3 Å². The van der Waals surface area contributed by atoms with Crippen LogP contribution in [-0.2, 0) is 6.54 Å². The van der Waals surface area contributed by atoms with Crippen molar-refractivity contribution in [1.29, 1.82) is 0 Å². The number of rotatable bonds is 5. The second-order valence-electron chi connectivity index (χ2n) is 8.77. The molecule has 1 saturated heterocycles. The van der Waals surface area contributed by atoms with E-state index in [-0.39, 0.29) is 11.8 Å². The van der Waals surface area contributed by atoms with Gasteiger partial charge in [0.1, 0.15) is 5.82 Å². The van der Waals surface area contributed by atoms with Crippen LogP contribution < -0.4 is 0 Å². The summed E-state index contributed by atoms with van der Waals surface area (Å²) in [4.78, 5) is 15.5. The van der Waals surface area contributed by atoms with Crippen LogP contribution in [-0.4, -0.2) is 48.4 Å². The molecule has 2 aromatic heterocycles. The molecule has 1 aromatic carbocycles. The summed E-state index contributed by atoms with van der Waals surface area (Å²) in [5.41, 5.74) is 3.63. The van der Waals surface area contributed by atoms with E-state index in [9.17, 15) is 4.79 Å². The van der Waals surface area contributed by atoms with Crippen LogP contribution in [0.3, 0.4) is 0 Å². The summed E-state index contributed by atoms with van der Waals surface area (Å²) in [6, 6.07) is 10.7. The van der Waals surface area contributed by atoms with Crippen LogP contribution in [0, 0.1) is 18.6 Å². The number of H-pyrrole nitrogens is 1. The third-order valence-electron chi connectivity index (χ3n) is 6.49. The average molecular weight is 437 g/mol. The Labute approximate surface area is 187 Å². The highest BCUT2D eigenvalue weighted by atomic mass is 32.1. The lowest BCUT2D eigenvalue weighted by atomic mass is 9.96. The van der Waals surface area contributed by atoms with Gasteiger partial charge in [0.15, 0.2) is 4.77 Å². The second kappa shape index (κ2) is 8.07. The first-order chi connectivity index (χ1) is 15.0. The molecule has 0 spiro atoms. The second-order valence-corrected chi connectivity index (χ2v) is 9.15. The van der Waals surface area contributed by atoms with Crippen LogP contribution in [0.15, 0.2) is 30.3 Å². The predicted octanol–water partition coefficient (Wildman–Crippen LogP) is 4.16. The molecule has 0 bridgehead atoms. The van der Waals surface area contributed by atoms with Gasteiger partial charge in [-0.2, -0.15) is 10.2 Å². The Hall–Kier alpha value is -2.74. The fraction of sp³-hybridized carbons (Fsp3) is 0.478. The number of carbonyl (C=O) groups excluding carboxylic acids is 1. The molecule has 3 heterocycles. The Kier molecular flexibility index (Phi) is 5.25. The number of carbonyl (C=O) groups is 1. The minimum absolute atomic E-state index is 0.0751. The van der Waals surface area contributed by atoms with Crippen molar-refractivity contribution in [3.63, 3.8) is 0 Å². The Bertz CT molecular complexity index is 1160. The Morgan fingerprint density at radius 3 is 2.71 bits per heavy atom. The number of hydrogen-bond acceptors (Lipinski definition) is 4. The Morgan fingerprint density at radius 2 is 1.97 bits per heavy atom. The van der Waals surface area contributed by atoms with Crippen molar-refractivity contribution in [1.82, 2.24) is 29.4 Å². The summed E-state index contributed by atoms with van der Waals surface area (Å²) in [6.45, 7) is 6.04. The normalized spacial score (nSPS) is 19.0. The Balaban J connectivity index is 1.37. The number of nitrogens with zero attached hydrogens (tertiary/aromatic N) is 5. The number of piperidine rings is 1. The number of amides is 1. The van der Waals surface area contributed by atoms with Crippen molar-refractivity contribution in [2.45, 2.75) is 58.0 Å². The highest BCUT2D eigenvalue weighted by molar-refractivity contribution is 7.71. The molecule has 1 N–H and O–H groups in total. The first-order valence-corrected chi connectivity index (χ1v) is 11.5. The predicted molar refractivity (Wildman–Crippen MR) is 121 cm³/mol. The fourth-order valence-electron chi connectivity index (χ4n) is 4.74. The maximum atomic E-state index is 13.5. The number of aromatic amines is 1. The average Bonchev–Trinajstić information content (AvgIpc) is 3.48. The molecule has 3 aromatic rings. The molecule has 2 fully saturated rings. The summed E-state index contributed by atoms with van der Waals surface area (Å²) >= 11 is 5.46. The van der Waals surface area contributed by atoms with Gasteiger partial charge in [0, 0.05) is 30.7 Å². The molecule has 2 aliphatic rings. The highest BCUT2D eigenvalue weighted by Crippen LogP contribution is 2.38. The molecule has 1 aliphatic heterocycles. The number of hydrogen-bond donors (Lipinski definition) is 1. The maximum absolute atomic E-state index is 13.5. The summed E-state index contributed by atoms with van der Waals surface area (Å²) in [5.74, 6) is 1.30. The molecule has 162 valence electrons. The van der Waals surface area contributed by atoms with E-state index in [4.69, 9.17) is 12.2 Å². The van der Waals surface area contributed by atoms with E-state index in [1.165, 1.54) is 5.56 Å². The van der Waals surface area contributed by atoms with Crippen LogP contribution in [0.1, 0.15) is 70.8 Å². The fourth-order valence-corrected chi connectivity index (χ4v) is 5.03. The standard InChI is InChI=1S/C23H28N6OS/c1-15-20(16(2)28(26-15)13-17-7-4-3-5-8-17)22(30)27-12-6-9-18(14-27)21-24-25-23(31)29(21)19-10-11-19/h3-5,7-8,18-19H,6,9-14H2,1-2H3,(H,25,31). The summed E-state index contributed by atoms with van der Waals surface area (Å²) in [6.07, 6.45) is 4.32. The minimum Gasteiger partial charge on any atom is -0.338 e. The van der Waals surface area contributed by atoms with E-state index in [1.807, 2.05) is 41.6 Å². The molecule has 7 nitrogen and oxygen atoms in total. The van der Waals surface area contributed by atoms with Gasteiger partial charge in [-0.3, -0.25) is 14.6 Å². The maximum Gasteiger partial charge on any atom is 0.257 e. The van der Waals surface area contributed by atoms with Gasteiger partial charge in [0.25, 0.3) is 5.91 Å². The smallest absolute Gasteiger partial charge is 0.257 e. The molecule has 1 saturated carbocycles. The molecule has 1 atom stereocenters. The summed E-state index contributed by atoms with van der Waals surface area (Å²) in [7, 11) is 0. The highest BCUT2D eigenvalue weighted by Gasteiger charge is 2.34. The van der Waals surface area contributed by atoms with Gasteiger partial charge in [-0.15, -0.1) is 0 Å². The largest absolute Gasteiger partial charge is 0.338 e. The van der Waals surface area contributed by atoms with E-state index >= 15 is 0 Å². The zero-order valence-corrected chi connectivity index (χ0v) is 18.9. The molecule has 1 unspecified atom stereocenters. The van der Waals surface area contributed by atoms with Gasteiger partial charge in [-0.25, -0.2) is 0 Å². The van der Waals surface area contributed by atoms with E-state index in [1.54, 1.807) is 0 Å². The molecule has 5 rings (SSSR count). The third kappa shape index (κ3) is 3.84. The van der Waals surface area contributed by atoms with Gasteiger partial charge >= 0.3 is 0 Å². The summed E-state index contributed by atoms with van der Waals surface area (Å²) < 4.78 is 4.83. The van der Waals surface area contributed by atoms with E-state index in [0.29, 0.717) is 23.9 Å². The molecule has 1 aliphatic carbocycles. The number of nitrogens with one attached hydrogen (secondary N) is 1. The summed E-state index contributed by atoms with van der Waals surface area (Å²) in [5, 5.41) is 12.2. The van der Waals surface area contributed by atoms with E-state index in [2.05, 4.69) is 32.0 Å². The first kappa shape index (κ1) is 20.2. The lowest BCUT2D eigenvalue weighted by Gasteiger charge is -2.32. The molecular weight excluding hydrogens is 408 g/mol. The number of benzene rings is 1. The molecule has 1 amide bonds. The quantitative estimate of drug-likeness (QED) is 0.610. The van der Waals surface area contributed by atoms with Crippen molar-refractivity contribution in [3.8, 4) is 0 Å². The SMILES string of the molecule is Cc1nn(Cc2ccccc2)c(C)c1C(=O)N1CCCC(c2n[nH]c(=S)n2C2CC2)C1. The van der Waals surface area contributed by atoms with Crippen molar-refractivity contribution in [2.24, 2.45) is 0 Å².